The topological polar surface area (TPSA) is 0 Å². The van der Waals surface area contributed by atoms with Crippen molar-refractivity contribution in [1.29, 1.82) is 0 Å². The van der Waals surface area contributed by atoms with E-state index in [-0.39, 0.29) is 67.1 Å². The van der Waals surface area contributed by atoms with E-state index in [0.29, 0.717) is 0 Å². The van der Waals surface area contributed by atoms with Gasteiger partial charge in [0.05, 0.1) is 0 Å². The molecule has 4 heavy (non-hydrogen) atoms. The molecule has 1 atom stereocenters. The van der Waals surface area contributed by atoms with Crippen LogP contribution in [-0.2, 0) is 34.1 Å². The van der Waals surface area contributed by atoms with Gasteiger partial charge in [-0.15, -0.1) is 0 Å². The molecular formula is H3CuFeMgP. The second-order valence-electron chi connectivity index (χ2n) is 0. The molecule has 4 heteroatoms. The van der Waals surface area contributed by atoms with Gasteiger partial charge in [-0.25, -0.2) is 0 Å². The largest absolute Gasteiger partial charge is 0.153 e. The van der Waals surface area contributed by atoms with E-state index in [9.17, 15) is 0 Å². The second kappa shape index (κ2) is 18.8. The van der Waals surface area contributed by atoms with E-state index < -0.39 is 0 Å². The molecule has 0 amide bonds. The predicted octanol–water partition coefficient (Wildman–Crippen LogP) is -0.328. The first-order chi connectivity index (χ1) is 0. The van der Waals surface area contributed by atoms with Crippen LogP contribution in [-0.4, -0.2) is 23.1 Å². The summed E-state index contributed by atoms with van der Waals surface area (Å²) in [6.45, 7) is 0. The van der Waals surface area contributed by atoms with E-state index in [2.05, 4.69) is 0 Å². The molecule has 0 fully saturated rings. The quantitative estimate of drug-likeness (QED) is 0.351. The van der Waals surface area contributed by atoms with Gasteiger partial charge in [0.1, 0.15) is 0 Å². The van der Waals surface area contributed by atoms with Gasteiger partial charge in [0.25, 0.3) is 0 Å². The Balaban J connectivity index is 0. The summed E-state index contributed by atoms with van der Waals surface area (Å²) in [5, 5.41) is 0. The minimum Gasteiger partial charge on any atom is -0.153 e. The predicted molar refractivity (Wildman–Crippen MR) is 16.9 cm³/mol. The maximum Gasteiger partial charge on any atom is 0 e. The average Bonchev–Trinajstić information content (AvgIpc) is 0. The standard InChI is InChI=1S/Cu.Fe.Mg.H3P/h;;;1H3. The van der Waals surface area contributed by atoms with Crippen LogP contribution in [0.1, 0.15) is 0 Å². The number of hydrogen-bond acceptors (Lipinski definition) is 0. The molecule has 3 radical (unpaired) electrons. The van der Waals surface area contributed by atoms with Crippen LogP contribution in [0.15, 0.2) is 0 Å². The van der Waals surface area contributed by atoms with Gasteiger partial charge >= 0.3 is 0 Å². The molecule has 0 bridgehead atoms. The van der Waals surface area contributed by atoms with Crippen molar-refractivity contribution in [3.63, 3.8) is 0 Å². The van der Waals surface area contributed by atoms with E-state index in [1.165, 1.54) is 0 Å². The van der Waals surface area contributed by atoms with Gasteiger partial charge in [0.15, 0.2) is 0 Å². The molecule has 29 valence electrons. The van der Waals surface area contributed by atoms with E-state index in [4.69, 9.17) is 0 Å². The molecule has 0 aliphatic carbocycles. The molecule has 1 unspecified atom stereocenters. The molecule has 0 aliphatic rings. The number of rotatable bonds is 0. The first kappa shape index (κ1) is 34.2. The van der Waals surface area contributed by atoms with Gasteiger partial charge in [0.2, 0.25) is 0 Å². The van der Waals surface area contributed by atoms with Crippen LogP contribution in [0.4, 0.5) is 0 Å². The van der Waals surface area contributed by atoms with Crippen LogP contribution in [0.2, 0.25) is 0 Å². The number of hydrogen-bond donors (Lipinski definition) is 0. The first-order valence-electron chi connectivity index (χ1n) is 0. The van der Waals surface area contributed by atoms with Crippen LogP contribution in [0.3, 0.4) is 0 Å². The van der Waals surface area contributed by atoms with Crippen molar-refractivity contribution in [3.8, 4) is 0 Å². The normalized spacial score (nSPS) is 0. The monoisotopic (exact) mass is 177 g/mol. The molecule has 0 aliphatic heterocycles. The zero-order valence-electron chi connectivity index (χ0n) is 2.07. The van der Waals surface area contributed by atoms with Gasteiger partial charge in [-0.1, -0.05) is 0 Å². The molecule has 0 nitrogen and oxygen atoms in total. The molecule has 0 aromatic carbocycles. The van der Waals surface area contributed by atoms with Gasteiger partial charge in [-0.2, -0.15) is 9.90 Å². The van der Waals surface area contributed by atoms with Crippen molar-refractivity contribution >= 4 is 33.0 Å². The summed E-state index contributed by atoms with van der Waals surface area (Å²) in [5.74, 6) is 0. The summed E-state index contributed by atoms with van der Waals surface area (Å²) in [6, 6.07) is 0. The zero-order valence-corrected chi connectivity index (χ0v) is 6.94. The SMILES string of the molecule is P.[Cu].[Fe].[Mg]. The van der Waals surface area contributed by atoms with Crippen molar-refractivity contribution < 1.29 is 34.1 Å². The van der Waals surface area contributed by atoms with E-state index >= 15 is 0 Å². The third-order valence-electron chi connectivity index (χ3n) is 0. The molecular weight excluding hydrogens is 175 g/mol. The van der Waals surface area contributed by atoms with Crippen molar-refractivity contribution in [2.45, 2.75) is 0 Å². The van der Waals surface area contributed by atoms with Crippen LogP contribution in [0.25, 0.3) is 0 Å². The summed E-state index contributed by atoms with van der Waals surface area (Å²) >= 11 is 0. The van der Waals surface area contributed by atoms with Gasteiger partial charge < -0.3 is 0 Å². The van der Waals surface area contributed by atoms with Crippen LogP contribution in [0.5, 0.6) is 0 Å². The van der Waals surface area contributed by atoms with Crippen LogP contribution < -0.4 is 0 Å². The van der Waals surface area contributed by atoms with Crippen molar-refractivity contribution in [2.75, 3.05) is 0 Å². The summed E-state index contributed by atoms with van der Waals surface area (Å²) in [7, 11) is 0. The molecule has 0 N–H and O–H groups in total. The third kappa shape index (κ3) is 8.87. The molecule has 0 heterocycles. The fraction of sp³-hybridized carbons (Fsp3) is 0. The summed E-state index contributed by atoms with van der Waals surface area (Å²) in [5.41, 5.74) is 0. The van der Waals surface area contributed by atoms with Crippen molar-refractivity contribution in [3.05, 3.63) is 0 Å². The van der Waals surface area contributed by atoms with Crippen molar-refractivity contribution in [1.82, 2.24) is 0 Å². The Bertz CT molecular complexity index is 8.00. The Kier molecular flexibility index (Phi) is 161. The molecule has 0 aromatic rings. The Labute approximate surface area is 66.6 Å². The molecule has 0 aromatic heterocycles. The molecule has 0 rings (SSSR count). The third-order valence-corrected chi connectivity index (χ3v) is 0. The smallest absolute Gasteiger partial charge is 0 e. The molecule has 0 saturated carbocycles. The minimum atomic E-state index is 0. The summed E-state index contributed by atoms with van der Waals surface area (Å²) in [4.78, 5) is 0. The molecule has 0 spiro atoms. The van der Waals surface area contributed by atoms with Gasteiger partial charge in [-0.05, 0) is 0 Å². The van der Waals surface area contributed by atoms with E-state index in [1.807, 2.05) is 0 Å². The zero-order chi connectivity index (χ0) is 0. The first-order valence-corrected chi connectivity index (χ1v) is 0. The Morgan fingerprint density at radius 1 is 1.00 bits per heavy atom. The van der Waals surface area contributed by atoms with Crippen LogP contribution in [0, 0.1) is 0 Å². The fourth-order valence-corrected chi connectivity index (χ4v) is 0. The van der Waals surface area contributed by atoms with Crippen molar-refractivity contribution in [2.24, 2.45) is 0 Å². The second-order valence-corrected chi connectivity index (χ2v) is 0. The Morgan fingerprint density at radius 3 is 1.00 bits per heavy atom. The van der Waals surface area contributed by atoms with E-state index in [1.54, 1.807) is 0 Å². The van der Waals surface area contributed by atoms with Crippen LogP contribution >= 0.6 is 9.90 Å². The Hall–Kier alpha value is 2.24. The molecule has 0 saturated heterocycles. The van der Waals surface area contributed by atoms with Gasteiger partial charge in [0, 0.05) is 57.2 Å². The van der Waals surface area contributed by atoms with Gasteiger partial charge in [-0.3, -0.25) is 0 Å². The minimum absolute atomic E-state index is 0. The maximum atomic E-state index is 0. The summed E-state index contributed by atoms with van der Waals surface area (Å²) < 4.78 is 0. The Morgan fingerprint density at radius 2 is 1.00 bits per heavy atom. The average molecular weight is 178 g/mol. The summed E-state index contributed by atoms with van der Waals surface area (Å²) in [6.07, 6.45) is 0. The van der Waals surface area contributed by atoms with E-state index in [0.717, 1.165) is 0 Å². The fourth-order valence-electron chi connectivity index (χ4n) is 0. The maximum absolute atomic E-state index is 0.